The van der Waals surface area contributed by atoms with Gasteiger partial charge in [0.05, 0.1) is 13.7 Å². The Labute approximate surface area is 106 Å². The number of nitrogens with zero attached hydrogens (tertiary/aromatic N) is 2. The largest absolute Gasteiger partial charge is 0.497 e. The van der Waals surface area contributed by atoms with Crippen molar-refractivity contribution in [3.63, 3.8) is 0 Å². The third-order valence-electron chi connectivity index (χ3n) is 2.50. The maximum Gasteiger partial charge on any atom is 0.144 e. The molecule has 1 heterocycles. The number of methoxy groups -OCH3 is 1. The maximum atomic E-state index is 5.49. The molecular weight excluding hydrogens is 228 g/mol. The molecule has 0 unspecified atom stereocenters. The predicted molar refractivity (Wildman–Crippen MR) is 70.2 cm³/mol. The number of anilines is 1. The van der Waals surface area contributed by atoms with Crippen molar-refractivity contribution in [1.29, 1.82) is 0 Å². The van der Waals surface area contributed by atoms with Crippen LogP contribution in [0.25, 0.3) is 0 Å². The second-order valence-corrected chi connectivity index (χ2v) is 3.77. The lowest BCUT2D eigenvalue weighted by atomic mass is 10.2. The number of hydrogen-bond donors (Lipinski definition) is 2. The van der Waals surface area contributed by atoms with Gasteiger partial charge in [-0.25, -0.2) is 9.97 Å². The smallest absolute Gasteiger partial charge is 0.144 e. The maximum absolute atomic E-state index is 5.49. The molecule has 0 fully saturated rings. The van der Waals surface area contributed by atoms with Crippen LogP contribution in [0, 0.1) is 0 Å². The highest BCUT2D eigenvalue weighted by atomic mass is 16.5. The van der Waals surface area contributed by atoms with Crippen molar-refractivity contribution >= 4 is 5.82 Å². The van der Waals surface area contributed by atoms with Gasteiger partial charge in [-0.3, -0.25) is 0 Å². The van der Waals surface area contributed by atoms with Crippen LogP contribution in [0.2, 0.25) is 0 Å². The Bertz CT molecular complexity index is 468. The van der Waals surface area contributed by atoms with Gasteiger partial charge in [0, 0.05) is 12.7 Å². The summed E-state index contributed by atoms with van der Waals surface area (Å²) >= 11 is 0. The lowest BCUT2D eigenvalue weighted by molar-refractivity contribution is 0.414. The van der Waals surface area contributed by atoms with E-state index in [0.29, 0.717) is 18.9 Å². The molecule has 0 aliphatic carbocycles. The summed E-state index contributed by atoms with van der Waals surface area (Å²) in [5.41, 5.74) is 6.62. The van der Waals surface area contributed by atoms with Gasteiger partial charge in [-0.2, -0.15) is 0 Å². The van der Waals surface area contributed by atoms with Gasteiger partial charge in [0.25, 0.3) is 0 Å². The zero-order valence-corrected chi connectivity index (χ0v) is 10.3. The van der Waals surface area contributed by atoms with Gasteiger partial charge in [0.2, 0.25) is 0 Å². The standard InChI is InChI=1S/C13H16N4O/c1-18-11-4-2-3-10(7-11)9-16-12-5-6-15-13(8-14)17-12/h2-7H,8-9,14H2,1H3,(H,15,16,17). The van der Waals surface area contributed by atoms with Crippen LogP contribution in [0.3, 0.4) is 0 Å². The molecule has 0 amide bonds. The van der Waals surface area contributed by atoms with Gasteiger partial charge in [0.15, 0.2) is 0 Å². The molecule has 3 N–H and O–H groups in total. The summed E-state index contributed by atoms with van der Waals surface area (Å²) < 4.78 is 5.17. The molecule has 0 aliphatic heterocycles. The summed E-state index contributed by atoms with van der Waals surface area (Å²) in [7, 11) is 1.66. The van der Waals surface area contributed by atoms with Crippen molar-refractivity contribution < 1.29 is 4.74 Å². The minimum absolute atomic E-state index is 0.342. The summed E-state index contributed by atoms with van der Waals surface area (Å²) in [5.74, 6) is 2.25. The van der Waals surface area contributed by atoms with Crippen LogP contribution in [0.4, 0.5) is 5.82 Å². The quantitative estimate of drug-likeness (QED) is 0.835. The molecule has 1 aromatic carbocycles. The fourth-order valence-corrected chi connectivity index (χ4v) is 1.57. The molecule has 0 radical (unpaired) electrons. The van der Waals surface area contributed by atoms with E-state index < -0.39 is 0 Å². The van der Waals surface area contributed by atoms with E-state index in [0.717, 1.165) is 17.1 Å². The van der Waals surface area contributed by atoms with Crippen LogP contribution < -0.4 is 15.8 Å². The Morgan fingerprint density at radius 1 is 1.33 bits per heavy atom. The third kappa shape index (κ3) is 3.18. The molecule has 5 heteroatoms. The summed E-state index contributed by atoms with van der Waals surface area (Å²) in [6, 6.07) is 9.71. The lowest BCUT2D eigenvalue weighted by Gasteiger charge is -2.07. The first-order valence-electron chi connectivity index (χ1n) is 5.70. The molecule has 0 saturated carbocycles. The Hall–Kier alpha value is -2.14. The van der Waals surface area contributed by atoms with E-state index in [9.17, 15) is 0 Å². The zero-order chi connectivity index (χ0) is 12.8. The van der Waals surface area contributed by atoms with Crippen LogP contribution in [0.1, 0.15) is 11.4 Å². The zero-order valence-electron chi connectivity index (χ0n) is 10.3. The van der Waals surface area contributed by atoms with Crippen molar-refractivity contribution in [3.8, 4) is 5.75 Å². The Balaban J connectivity index is 2.01. The Morgan fingerprint density at radius 2 is 2.22 bits per heavy atom. The highest BCUT2D eigenvalue weighted by Crippen LogP contribution is 2.13. The molecule has 0 spiro atoms. The molecule has 94 valence electrons. The van der Waals surface area contributed by atoms with E-state index >= 15 is 0 Å². The number of nitrogens with one attached hydrogen (secondary N) is 1. The van der Waals surface area contributed by atoms with Gasteiger partial charge in [-0.1, -0.05) is 12.1 Å². The highest BCUT2D eigenvalue weighted by Gasteiger charge is 1.99. The summed E-state index contributed by atoms with van der Waals surface area (Å²) in [6.07, 6.45) is 1.70. The molecule has 2 rings (SSSR count). The predicted octanol–water partition coefficient (Wildman–Crippen LogP) is 1.56. The molecule has 0 aliphatic rings. The van der Waals surface area contributed by atoms with Crippen molar-refractivity contribution in [1.82, 2.24) is 9.97 Å². The van der Waals surface area contributed by atoms with Gasteiger partial charge >= 0.3 is 0 Å². The molecule has 1 aromatic heterocycles. The first-order valence-corrected chi connectivity index (χ1v) is 5.70. The molecule has 0 atom stereocenters. The molecular formula is C13H16N4O. The van der Waals surface area contributed by atoms with E-state index in [1.54, 1.807) is 13.3 Å². The number of benzene rings is 1. The minimum Gasteiger partial charge on any atom is -0.497 e. The van der Waals surface area contributed by atoms with Crippen LogP contribution in [0.15, 0.2) is 36.5 Å². The van der Waals surface area contributed by atoms with E-state index in [2.05, 4.69) is 15.3 Å². The minimum atomic E-state index is 0.342. The monoisotopic (exact) mass is 244 g/mol. The summed E-state index contributed by atoms with van der Waals surface area (Å²) in [6.45, 7) is 1.02. The molecule has 2 aromatic rings. The SMILES string of the molecule is COc1cccc(CNc2ccnc(CN)n2)c1. The average Bonchev–Trinajstić information content (AvgIpc) is 2.45. The van der Waals surface area contributed by atoms with Crippen molar-refractivity contribution in [3.05, 3.63) is 47.9 Å². The van der Waals surface area contributed by atoms with E-state index in [1.807, 2.05) is 30.3 Å². The summed E-state index contributed by atoms with van der Waals surface area (Å²) in [4.78, 5) is 8.31. The van der Waals surface area contributed by atoms with Crippen molar-refractivity contribution in [2.24, 2.45) is 5.73 Å². The summed E-state index contributed by atoms with van der Waals surface area (Å²) in [5, 5.41) is 3.22. The van der Waals surface area contributed by atoms with Crippen LogP contribution in [-0.2, 0) is 13.1 Å². The number of hydrogen-bond acceptors (Lipinski definition) is 5. The second kappa shape index (κ2) is 5.97. The average molecular weight is 244 g/mol. The molecule has 0 bridgehead atoms. The van der Waals surface area contributed by atoms with Crippen molar-refractivity contribution in [2.75, 3.05) is 12.4 Å². The number of aromatic nitrogens is 2. The normalized spacial score (nSPS) is 10.1. The van der Waals surface area contributed by atoms with Gasteiger partial charge in [-0.15, -0.1) is 0 Å². The van der Waals surface area contributed by atoms with Crippen molar-refractivity contribution in [2.45, 2.75) is 13.1 Å². The topological polar surface area (TPSA) is 73.1 Å². The van der Waals surface area contributed by atoms with Gasteiger partial charge in [-0.05, 0) is 23.8 Å². The number of ether oxygens (including phenoxy) is 1. The highest BCUT2D eigenvalue weighted by molar-refractivity contribution is 5.36. The van der Waals surface area contributed by atoms with Crippen LogP contribution in [-0.4, -0.2) is 17.1 Å². The van der Waals surface area contributed by atoms with Gasteiger partial charge in [0.1, 0.15) is 17.4 Å². The second-order valence-electron chi connectivity index (χ2n) is 3.77. The first-order chi connectivity index (χ1) is 8.81. The van der Waals surface area contributed by atoms with E-state index in [1.165, 1.54) is 0 Å². The fraction of sp³-hybridized carbons (Fsp3) is 0.231. The Morgan fingerprint density at radius 3 is 3.00 bits per heavy atom. The Kier molecular flexibility index (Phi) is 4.09. The van der Waals surface area contributed by atoms with Gasteiger partial charge < -0.3 is 15.8 Å². The number of nitrogens with two attached hydrogens (primary N) is 1. The third-order valence-corrected chi connectivity index (χ3v) is 2.50. The van der Waals surface area contributed by atoms with E-state index in [4.69, 9.17) is 10.5 Å². The van der Waals surface area contributed by atoms with Crippen LogP contribution >= 0.6 is 0 Å². The lowest BCUT2D eigenvalue weighted by Crippen LogP contribution is -2.07. The molecule has 5 nitrogen and oxygen atoms in total. The molecule has 18 heavy (non-hydrogen) atoms. The van der Waals surface area contributed by atoms with Crippen LogP contribution in [0.5, 0.6) is 5.75 Å². The number of rotatable bonds is 5. The van der Waals surface area contributed by atoms with E-state index in [-0.39, 0.29) is 0 Å². The fourth-order valence-electron chi connectivity index (χ4n) is 1.57. The first kappa shape index (κ1) is 12.3. The molecule has 0 saturated heterocycles.